The van der Waals surface area contributed by atoms with Gasteiger partial charge >= 0.3 is 0 Å². The third kappa shape index (κ3) is 4.61. The number of fused-ring (bicyclic) bond motifs is 1. The van der Waals surface area contributed by atoms with Gasteiger partial charge in [-0.1, -0.05) is 22.0 Å². The van der Waals surface area contributed by atoms with Crippen LogP contribution in [-0.4, -0.2) is 37.6 Å². The molecule has 1 aromatic carbocycles. The van der Waals surface area contributed by atoms with E-state index in [1.807, 2.05) is 12.1 Å². The number of rotatable bonds is 5. The van der Waals surface area contributed by atoms with Crippen molar-refractivity contribution in [3.8, 4) is 0 Å². The number of nitrogens with one attached hydrogen (secondary N) is 2. The molecule has 0 radical (unpaired) electrons. The normalized spacial score (nSPS) is 28.8. The van der Waals surface area contributed by atoms with E-state index in [1.54, 1.807) is 19.2 Å². The van der Waals surface area contributed by atoms with Crippen LogP contribution in [0.5, 0.6) is 0 Å². The minimum Gasteiger partial charge on any atom is -0.381 e. The van der Waals surface area contributed by atoms with Crippen LogP contribution < -0.4 is 10.6 Å². The Morgan fingerprint density at radius 2 is 2.20 bits per heavy atom. The summed E-state index contributed by atoms with van der Waals surface area (Å²) in [6.07, 6.45) is 4.95. The van der Waals surface area contributed by atoms with Gasteiger partial charge in [0.15, 0.2) is 0 Å². The van der Waals surface area contributed by atoms with Crippen molar-refractivity contribution in [2.75, 3.05) is 13.7 Å². The van der Waals surface area contributed by atoms with Crippen molar-refractivity contribution < 1.29 is 14.3 Å². The quantitative estimate of drug-likeness (QED) is 0.786. The fourth-order valence-corrected chi connectivity index (χ4v) is 4.38. The lowest BCUT2D eigenvalue weighted by molar-refractivity contribution is -0.131. The Morgan fingerprint density at radius 3 is 2.96 bits per heavy atom. The highest BCUT2D eigenvalue weighted by Gasteiger charge is 2.39. The Bertz CT molecular complexity index is 637. The van der Waals surface area contributed by atoms with E-state index >= 15 is 0 Å². The molecule has 2 aliphatic rings. The lowest BCUT2D eigenvalue weighted by Gasteiger charge is -2.41. The summed E-state index contributed by atoms with van der Waals surface area (Å²) < 4.78 is 6.32. The smallest absolute Gasteiger partial charge is 0.251 e. The average molecular weight is 409 g/mol. The van der Waals surface area contributed by atoms with Gasteiger partial charge in [0, 0.05) is 35.7 Å². The van der Waals surface area contributed by atoms with E-state index in [4.69, 9.17) is 4.74 Å². The predicted molar refractivity (Wildman–Crippen MR) is 99.3 cm³/mol. The van der Waals surface area contributed by atoms with Crippen LogP contribution >= 0.6 is 15.9 Å². The molecule has 0 spiro atoms. The molecule has 0 bridgehead atoms. The molecule has 136 valence electrons. The molecule has 2 amide bonds. The van der Waals surface area contributed by atoms with Crippen molar-refractivity contribution in [1.82, 2.24) is 10.6 Å². The van der Waals surface area contributed by atoms with Crippen LogP contribution in [0.3, 0.4) is 0 Å². The topological polar surface area (TPSA) is 67.4 Å². The third-order valence-corrected chi connectivity index (χ3v) is 5.92. The van der Waals surface area contributed by atoms with Gasteiger partial charge in [-0.15, -0.1) is 0 Å². The fraction of sp³-hybridized carbons (Fsp3) is 0.579. The summed E-state index contributed by atoms with van der Waals surface area (Å²) in [6.45, 7) is 0.515. The lowest BCUT2D eigenvalue weighted by atomic mass is 9.74. The Balaban J connectivity index is 1.47. The van der Waals surface area contributed by atoms with Crippen molar-refractivity contribution in [2.24, 2.45) is 11.8 Å². The van der Waals surface area contributed by atoms with Crippen LogP contribution in [0.15, 0.2) is 28.7 Å². The summed E-state index contributed by atoms with van der Waals surface area (Å²) >= 11 is 3.37. The lowest BCUT2D eigenvalue weighted by Crippen LogP contribution is -2.53. The van der Waals surface area contributed by atoms with Crippen LogP contribution in [0.25, 0.3) is 0 Å². The highest BCUT2D eigenvalue weighted by Crippen LogP contribution is 2.35. The molecule has 1 aliphatic carbocycles. The Labute approximate surface area is 157 Å². The number of halogens is 1. The van der Waals surface area contributed by atoms with Gasteiger partial charge in [0.25, 0.3) is 5.91 Å². The first-order chi connectivity index (χ1) is 12.1. The first-order valence-corrected chi connectivity index (χ1v) is 9.73. The number of methoxy groups -OCH3 is 1. The third-order valence-electron chi connectivity index (χ3n) is 5.43. The van der Waals surface area contributed by atoms with E-state index in [9.17, 15) is 9.59 Å². The SMILES string of the molecule is COC1CCC2CC(CCNC(=O)c3cccc(Br)c3)C(=O)NC2C1. The zero-order chi connectivity index (χ0) is 17.8. The fourth-order valence-electron chi connectivity index (χ4n) is 3.98. The number of piperidine rings is 1. The maximum Gasteiger partial charge on any atom is 0.251 e. The van der Waals surface area contributed by atoms with E-state index in [0.29, 0.717) is 24.4 Å². The number of amides is 2. The molecule has 5 nitrogen and oxygen atoms in total. The van der Waals surface area contributed by atoms with Gasteiger partial charge in [0.1, 0.15) is 0 Å². The summed E-state index contributed by atoms with van der Waals surface area (Å²) in [6, 6.07) is 7.55. The van der Waals surface area contributed by atoms with Crippen LogP contribution in [0.2, 0.25) is 0 Å². The van der Waals surface area contributed by atoms with E-state index in [0.717, 1.165) is 30.2 Å². The van der Waals surface area contributed by atoms with Crippen molar-refractivity contribution in [2.45, 2.75) is 44.2 Å². The zero-order valence-electron chi connectivity index (χ0n) is 14.5. The highest BCUT2D eigenvalue weighted by atomic mass is 79.9. The average Bonchev–Trinajstić information content (AvgIpc) is 2.61. The molecular weight excluding hydrogens is 384 g/mol. The molecule has 1 aromatic rings. The monoisotopic (exact) mass is 408 g/mol. The Morgan fingerprint density at radius 1 is 1.36 bits per heavy atom. The minimum absolute atomic E-state index is 0.0110. The zero-order valence-corrected chi connectivity index (χ0v) is 16.1. The number of hydrogen-bond donors (Lipinski definition) is 2. The molecule has 4 unspecified atom stereocenters. The van der Waals surface area contributed by atoms with Crippen LogP contribution in [0, 0.1) is 11.8 Å². The first kappa shape index (κ1) is 18.4. The summed E-state index contributed by atoms with van der Waals surface area (Å²) in [4.78, 5) is 24.5. The number of carbonyl (C=O) groups is 2. The van der Waals surface area contributed by atoms with Gasteiger partial charge in [0.2, 0.25) is 5.91 Å². The highest BCUT2D eigenvalue weighted by molar-refractivity contribution is 9.10. The van der Waals surface area contributed by atoms with Crippen molar-refractivity contribution in [1.29, 1.82) is 0 Å². The van der Waals surface area contributed by atoms with Gasteiger partial charge in [-0.2, -0.15) is 0 Å². The van der Waals surface area contributed by atoms with Crippen LogP contribution in [0.4, 0.5) is 0 Å². The second kappa shape index (κ2) is 8.32. The molecule has 6 heteroatoms. The molecule has 3 rings (SSSR count). The number of carbonyl (C=O) groups excluding carboxylic acids is 2. The molecule has 25 heavy (non-hydrogen) atoms. The van der Waals surface area contributed by atoms with Crippen molar-refractivity contribution in [3.05, 3.63) is 34.3 Å². The summed E-state index contributed by atoms with van der Waals surface area (Å²) in [5.74, 6) is 0.545. The molecular formula is C19H25BrN2O3. The van der Waals surface area contributed by atoms with Crippen molar-refractivity contribution >= 4 is 27.7 Å². The standard InChI is InChI=1S/C19H25BrN2O3/c1-25-16-6-5-12-9-14(19(24)22-17(12)11-16)7-8-21-18(23)13-3-2-4-15(20)10-13/h2-4,10,12,14,16-17H,5-9,11H2,1H3,(H,21,23)(H,22,24). The van der Waals surface area contributed by atoms with Gasteiger partial charge < -0.3 is 15.4 Å². The van der Waals surface area contributed by atoms with Gasteiger partial charge in [-0.25, -0.2) is 0 Å². The molecule has 1 saturated carbocycles. The van der Waals surface area contributed by atoms with Gasteiger partial charge in [-0.05, 0) is 56.2 Å². The van der Waals surface area contributed by atoms with Crippen LogP contribution in [0.1, 0.15) is 42.5 Å². The van der Waals surface area contributed by atoms with Gasteiger partial charge in [-0.3, -0.25) is 9.59 Å². The first-order valence-electron chi connectivity index (χ1n) is 8.93. The molecule has 1 saturated heterocycles. The summed E-state index contributed by atoms with van der Waals surface area (Å²) in [5.41, 5.74) is 0.625. The molecule has 2 N–H and O–H groups in total. The van der Waals surface area contributed by atoms with E-state index in [1.165, 1.54) is 0 Å². The molecule has 1 heterocycles. The van der Waals surface area contributed by atoms with E-state index in [-0.39, 0.29) is 29.9 Å². The molecule has 2 fully saturated rings. The second-order valence-corrected chi connectivity index (χ2v) is 7.95. The van der Waals surface area contributed by atoms with Gasteiger partial charge in [0.05, 0.1) is 6.10 Å². The van der Waals surface area contributed by atoms with Crippen molar-refractivity contribution in [3.63, 3.8) is 0 Å². The number of benzene rings is 1. The van der Waals surface area contributed by atoms with E-state index < -0.39 is 0 Å². The number of ether oxygens (including phenoxy) is 1. The minimum atomic E-state index is -0.101. The number of hydrogen-bond acceptors (Lipinski definition) is 3. The molecule has 4 atom stereocenters. The maximum absolute atomic E-state index is 12.4. The molecule has 1 aliphatic heterocycles. The van der Waals surface area contributed by atoms with E-state index in [2.05, 4.69) is 26.6 Å². The largest absolute Gasteiger partial charge is 0.381 e. The van der Waals surface area contributed by atoms with Crippen LogP contribution in [-0.2, 0) is 9.53 Å². The predicted octanol–water partition coefficient (Wildman–Crippen LogP) is 2.89. The summed E-state index contributed by atoms with van der Waals surface area (Å²) in [7, 11) is 1.74. The maximum atomic E-state index is 12.4. The Kier molecular flexibility index (Phi) is 6.12. The molecule has 0 aromatic heterocycles. The Hall–Kier alpha value is -1.40. The summed E-state index contributed by atoms with van der Waals surface area (Å²) in [5, 5.41) is 6.09. The second-order valence-electron chi connectivity index (χ2n) is 7.03.